The Morgan fingerprint density at radius 2 is 2.33 bits per heavy atom. The van der Waals surface area contributed by atoms with E-state index in [1.807, 2.05) is 6.92 Å². The molecule has 0 amide bonds. The first-order valence-corrected chi connectivity index (χ1v) is 3.07. The van der Waals surface area contributed by atoms with Gasteiger partial charge in [-0.2, -0.15) is 0 Å². The Labute approximate surface area is 55.1 Å². The predicted molar refractivity (Wildman–Crippen MR) is 35.2 cm³/mol. The van der Waals surface area contributed by atoms with Crippen LogP contribution in [0.15, 0.2) is 12.2 Å². The lowest BCUT2D eigenvalue weighted by Crippen LogP contribution is -2.49. The predicted octanol–water partition coefficient (Wildman–Crippen LogP) is 0.714. The van der Waals surface area contributed by atoms with Gasteiger partial charge in [0.1, 0.15) is 5.60 Å². The highest BCUT2D eigenvalue weighted by molar-refractivity contribution is 5.00. The highest BCUT2D eigenvalue weighted by atomic mass is 16.5. The van der Waals surface area contributed by atoms with E-state index in [1.165, 1.54) is 0 Å². The summed E-state index contributed by atoms with van der Waals surface area (Å²) in [4.78, 5) is 0. The minimum absolute atomic E-state index is 0.472. The lowest BCUT2D eigenvalue weighted by Gasteiger charge is -2.36. The smallest absolute Gasteiger partial charge is 0.115 e. The Morgan fingerprint density at radius 3 is 2.44 bits per heavy atom. The first-order valence-electron chi connectivity index (χ1n) is 3.07. The fourth-order valence-corrected chi connectivity index (χ4v) is 1.00. The van der Waals surface area contributed by atoms with Crippen LogP contribution < -0.4 is 0 Å². The Kier molecular flexibility index (Phi) is 1.60. The van der Waals surface area contributed by atoms with Crippen molar-refractivity contribution < 1.29 is 9.84 Å². The van der Waals surface area contributed by atoms with E-state index in [4.69, 9.17) is 4.74 Å². The van der Waals surface area contributed by atoms with Crippen molar-refractivity contribution in [2.75, 3.05) is 13.2 Å². The molecule has 1 fully saturated rings. The van der Waals surface area contributed by atoms with E-state index in [9.17, 15) is 5.11 Å². The monoisotopic (exact) mass is 128 g/mol. The number of ether oxygens (including phenoxy) is 1. The maximum atomic E-state index is 9.39. The zero-order chi connectivity index (χ0) is 6.91. The molecule has 2 heteroatoms. The molecule has 2 nitrogen and oxygen atoms in total. The molecule has 0 aromatic heterocycles. The number of hydrogen-bond acceptors (Lipinski definition) is 2. The minimum Gasteiger partial charge on any atom is -0.385 e. The van der Waals surface area contributed by atoms with Crippen molar-refractivity contribution >= 4 is 0 Å². The van der Waals surface area contributed by atoms with Crippen LogP contribution in [0.4, 0.5) is 0 Å². The fraction of sp³-hybridized carbons (Fsp3) is 0.714. The summed E-state index contributed by atoms with van der Waals surface area (Å²) in [6.45, 7) is 6.56. The summed E-state index contributed by atoms with van der Waals surface area (Å²) in [5.41, 5.74) is 0.437. The van der Waals surface area contributed by atoms with Gasteiger partial charge in [0.2, 0.25) is 0 Å². The maximum absolute atomic E-state index is 9.39. The second-order valence-corrected chi connectivity index (χ2v) is 2.85. The first kappa shape index (κ1) is 6.78. The van der Waals surface area contributed by atoms with Crippen molar-refractivity contribution in [3.8, 4) is 0 Å². The highest BCUT2D eigenvalue weighted by Gasteiger charge is 2.35. The molecule has 0 unspecified atom stereocenters. The number of aliphatic hydroxyl groups is 1. The van der Waals surface area contributed by atoms with E-state index in [2.05, 4.69) is 6.58 Å². The zero-order valence-corrected chi connectivity index (χ0v) is 5.68. The highest BCUT2D eigenvalue weighted by Crippen LogP contribution is 2.23. The van der Waals surface area contributed by atoms with Crippen LogP contribution in [0.5, 0.6) is 0 Å². The molecular formula is C7H12O2. The Bertz CT molecular complexity index is 125. The number of rotatable bonds is 2. The average molecular weight is 128 g/mol. The lowest BCUT2D eigenvalue weighted by atomic mass is 9.94. The van der Waals surface area contributed by atoms with Crippen LogP contribution in [-0.4, -0.2) is 23.9 Å². The fourth-order valence-electron chi connectivity index (χ4n) is 1.00. The van der Waals surface area contributed by atoms with Crippen molar-refractivity contribution in [1.29, 1.82) is 0 Å². The van der Waals surface area contributed by atoms with Crippen molar-refractivity contribution in [3.63, 3.8) is 0 Å². The molecule has 0 saturated carbocycles. The van der Waals surface area contributed by atoms with Gasteiger partial charge in [-0.3, -0.25) is 0 Å². The van der Waals surface area contributed by atoms with Gasteiger partial charge < -0.3 is 9.84 Å². The van der Waals surface area contributed by atoms with E-state index >= 15 is 0 Å². The van der Waals surface area contributed by atoms with E-state index in [1.54, 1.807) is 0 Å². The SMILES string of the molecule is C=C(C)CC1(O)COC1. The van der Waals surface area contributed by atoms with Gasteiger partial charge in [0.05, 0.1) is 13.2 Å². The van der Waals surface area contributed by atoms with Gasteiger partial charge in [-0.1, -0.05) is 5.57 Å². The van der Waals surface area contributed by atoms with E-state index in [0.717, 1.165) is 5.57 Å². The molecule has 0 aromatic carbocycles. The minimum atomic E-state index is -0.578. The molecule has 0 aromatic rings. The van der Waals surface area contributed by atoms with Crippen LogP contribution >= 0.6 is 0 Å². The summed E-state index contributed by atoms with van der Waals surface area (Å²) < 4.78 is 4.85. The molecule has 1 aliphatic rings. The van der Waals surface area contributed by atoms with E-state index in [0.29, 0.717) is 19.6 Å². The third-order valence-corrected chi connectivity index (χ3v) is 1.37. The first-order chi connectivity index (χ1) is 4.12. The standard InChI is InChI=1S/C7H12O2/c1-6(2)3-7(8)4-9-5-7/h8H,1,3-5H2,2H3. The molecule has 1 rings (SSSR count). The maximum Gasteiger partial charge on any atom is 0.115 e. The molecule has 0 aliphatic carbocycles. The third kappa shape index (κ3) is 1.53. The average Bonchev–Trinajstić information content (AvgIpc) is 1.60. The van der Waals surface area contributed by atoms with Crippen LogP contribution in [0.2, 0.25) is 0 Å². The van der Waals surface area contributed by atoms with Gasteiger partial charge in [0, 0.05) is 6.42 Å². The molecule has 0 radical (unpaired) electrons. The topological polar surface area (TPSA) is 29.5 Å². The molecule has 1 aliphatic heterocycles. The molecule has 0 atom stereocenters. The van der Waals surface area contributed by atoms with Gasteiger partial charge in [0.15, 0.2) is 0 Å². The lowest BCUT2D eigenvalue weighted by molar-refractivity contribution is -0.176. The van der Waals surface area contributed by atoms with Gasteiger partial charge in [-0.25, -0.2) is 0 Å². The van der Waals surface area contributed by atoms with Gasteiger partial charge in [0.25, 0.3) is 0 Å². The van der Waals surface area contributed by atoms with Gasteiger partial charge in [-0.05, 0) is 6.92 Å². The van der Waals surface area contributed by atoms with Crippen molar-refractivity contribution in [2.24, 2.45) is 0 Å². The van der Waals surface area contributed by atoms with Crippen LogP contribution in [0.3, 0.4) is 0 Å². The van der Waals surface area contributed by atoms with Crippen LogP contribution in [0.1, 0.15) is 13.3 Å². The summed E-state index contributed by atoms with van der Waals surface area (Å²) in [6.07, 6.45) is 0.674. The van der Waals surface area contributed by atoms with Gasteiger partial charge in [-0.15, -0.1) is 6.58 Å². The second-order valence-electron chi connectivity index (χ2n) is 2.85. The van der Waals surface area contributed by atoms with Crippen LogP contribution in [0.25, 0.3) is 0 Å². The Balaban J connectivity index is 2.33. The molecule has 1 saturated heterocycles. The molecular weight excluding hydrogens is 116 g/mol. The summed E-state index contributed by atoms with van der Waals surface area (Å²) in [5, 5.41) is 9.39. The zero-order valence-electron chi connectivity index (χ0n) is 5.68. The van der Waals surface area contributed by atoms with Crippen molar-refractivity contribution in [1.82, 2.24) is 0 Å². The molecule has 0 spiro atoms. The largest absolute Gasteiger partial charge is 0.385 e. The molecule has 52 valence electrons. The van der Waals surface area contributed by atoms with Crippen LogP contribution in [0, 0.1) is 0 Å². The second kappa shape index (κ2) is 2.12. The normalized spacial score (nSPS) is 22.9. The van der Waals surface area contributed by atoms with Gasteiger partial charge >= 0.3 is 0 Å². The van der Waals surface area contributed by atoms with Crippen molar-refractivity contribution in [3.05, 3.63) is 12.2 Å². The molecule has 9 heavy (non-hydrogen) atoms. The number of hydrogen-bond donors (Lipinski definition) is 1. The Morgan fingerprint density at radius 1 is 1.78 bits per heavy atom. The van der Waals surface area contributed by atoms with E-state index in [-0.39, 0.29) is 0 Å². The third-order valence-electron chi connectivity index (χ3n) is 1.37. The summed E-state index contributed by atoms with van der Waals surface area (Å²) >= 11 is 0. The Hall–Kier alpha value is -0.340. The summed E-state index contributed by atoms with van der Waals surface area (Å²) in [6, 6.07) is 0. The summed E-state index contributed by atoms with van der Waals surface area (Å²) in [7, 11) is 0. The quantitative estimate of drug-likeness (QED) is 0.555. The summed E-state index contributed by atoms with van der Waals surface area (Å²) in [5.74, 6) is 0. The molecule has 1 heterocycles. The van der Waals surface area contributed by atoms with Crippen LogP contribution in [-0.2, 0) is 4.74 Å². The van der Waals surface area contributed by atoms with E-state index < -0.39 is 5.60 Å². The molecule has 0 bridgehead atoms. The molecule has 1 N–H and O–H groups in total. The van der Waals surface area contributed by atoms with Crippen molar-refractivity contribution in [2.45, 2.75) is 18.9 Å².